The molecule has 0 atom stereocenters. The topological polar surface area (TPSA) is 38.8 Å². The van der Waals surface area contributed by atoms with Crippen LogP contribution in [-0.2, 0) is 13.1 Å². The van der Waals surface area contributed by atoms with Crippen molar-refractivity contribution in [3.05, 3.63) is 111 Å². The molecule has 0 fully saturated rings. The molecule has 2 heterocycles. The van der Waals surface area contributed by atoms with Gasteiger partial charge in [0.2, 0.25) is 5.78 Å². The normalized spacial score (nSPS) is 16.7. The maximum atomic E-state index is 13.1. The molecule has 0 amide bonds. The first-order valence-electron chi connectivity index (χ1n) is 10.5. The summed E-state index contributed by atoms with van der Waals surface area (Å²) < 4.78 is 12.1. The highest BCUT2D eigenvalue weighted by Gasteiger charge is 2.35. The average Bonchev–Trinajstić information content (AvgIpc) is 3.14. The van der Waals surface area contributed by atoms with Crippen LogP contribution >= 0.6 is 11.6 Å². The molecule has 0 aliphatic carbocycles. The lowest BCUT2D eigenvalue weighted by atomic mass is 9.98. The van der Waals surface area contributed by atoms with E-state index in [-0.39, 0.29) is 5.78 Å². The summed E-state index contributed by atoms with van der Waals surface area (Å²) in [6.07, 6.45) is 5.52. The van der Waals surface area contributed by atoms with Gasteiger partial charge >= 0.3 is 0 Å². The Balaban J connectivity index is 1.41. The van der Waals surface area contributed by atoms with E-state index in [4.69, 9.17) is 21.1 Å². The number of rotatable bonds is 4. The number of hydrogen-bond acceptors (Lipinski definition) is 4. The summed E-state index contributed by atoms with van der Waals surface area (Å²) in [6, 6.07) is 19.7. The lowest BCUT2D eigenvalue weighted by molar-refractivity contribution is 0.0872. The van der Waals surface area contributed by atoms with Gasteiger partial charge in [-0.1, -0.05) is 72.3 Å². The Hall–Kier alpha value is -3.34. The molecule has 0 spiro atoms. The molecule has 32 heavy (non-hydrogen) atoms. The molecule has 3 aromatic carbocycles. The van der Waals surface area contributed by atoms with Crippen molar-refractivity contribution in [3.8, 4) is 11.5 Å². The van der Waals surface area contributed by atoms with E-state index >= 15 is 0 Å². The molecule has 0 saturated carbocycles. The summed E-state index contributed by atoms with van der Waals surface area (Å²) in [5, 5.41) is 0.731. The Bertz CT molecular complexity index is 1250. The minimum absolute atomic E-state index is 0.0961. The van der Waals surface area contributed by atoms with Gasteiger partial charge in [-0.05, 0) is 41.8 Å². The summed E-state index contributed by atoms with van der Waals surface area (Å²) in [5.74, 6) is 1.60. The molecule has 5 rings (SSSR count). The van der Waals surface area contributed by atoms with E-state index in [0.717, 1.165) is 33.0 Å². The number of Topliss-reactive ketones (excluding diaryl/α,β-unsaturated/α-hetero) is 1. The standard InChI is InChI=1S/C27H22ClNO3/c1-18-14-24-21(16-29(17-31-24)15-20-11-5-6-12-22(20)28)27-25(18)26(30)23(32-27)13-7-10-19-8-3-2-4-9-19/h2-14H,15-17H2,1H3/b10-7+,23-13-. The van der Waals surface area contributed by atoms with Crippen LogP contribution in [0.4, 0.5) is 0 Å². The second-order valence-corrected chi connectivity index (χ2v) is 8.37. The van der Waals surface area contributed by atoms with Gasteiger partial charge < -0.3 is 9.47 Å². The summed E-state index contributed by atoms with van der Waals surface area (Å²) >= 11 is 6.34. The van der Waals surface area contributed by atoms with E-state index in [1.807, 2.05) is 79.7 Å². The van der Waals surface area contributed by atoms with Gasteiger partial charge in [-0.15, -0.1) is 0 Å². The number of fused-ring (bicyclic) bond motifs is 3. The van der Waals surface area contributed by atoms with Gasteiger partial charge in [0.25, 0.3) is 0 Å². The highest BCUT2D eigenvalue weighted by molar-refractivity contribution is 6.31. The molecule has 0 N–H and O–H groups in total. The lowest BCUT2D eigenvalue weighted by Crippen LogP contribution is -2.32. The highest BCUT2D eigenvalue weighted by Crippen LogP contribution is 2.44. The first kappa shape index (κ1) is 20.6. The Kier molecular flexibility index (Phi) is 5.56. The number of halogens is 1. The maximum absolute atomic E-state index is 13.1. The molecule has 0 bridgehead atoms. The molecule has 0 radical (unpaired) electrons. The van der Waals surface area contributed by atoms with Crippen LogP contribution < -0.4 is 9.47 Å². The molecule has 0 saturated heterocycles. The van der Waals surface area contributed by atoms with Crippen LogP contribution in [0.15, 0.2) is 78.6 Å². The summed E-state index contributed by atoms with van der Waals surface area (Å²) in [6.45, 7) is 3.64. The first-order valence-corrected chi connectivity index (χ1v) is 10.9. The van der Waals surface area contributed by atoms with E-state index < -0.39 is 0 Å². The number of benzene rings is 3. The molecule has 2 aliphatic heterocycles. The summed E-state index contributed by atoms with van der Waals surface area (Å²) in [7, 11) is 0. The Morgan fingerprint density at radius 2 is 1.88 bits per heavy atom. The van der Waals surface area contributed by atoms with Crippen molar-refractivity contribution in [2.45, 2.75) is 20.0 Å². The van der Waals surface area contributed by atoms with E-state index in [1.54, 1.807) is 6.08 Å². The third kappa shape index (κ3) is 3.95. The van der Waals surface area contributed by atoms with Crippen molar-refractivity contribution in [2.75, 3.05) is 6.73 Å². The maximum Gasteiger partial charge on any atom is 0.232 e. The van der Waals surface area contributed by atoms with E-state index in [2.05, 4.69) is 4.90 Å². The average molecular weight is 444 g/mol. The molecule has 160 valence electrons. The molecule has 5 heteroatoms. The fraction of sp³-hybridized carbons (Fsp3) is 0.148. The largest absolute Gasteiger partial charge is 0.478 e. The molecule has 2 aliphatic rings. The highest BCUT2D eigenvalue weighted by atomic mass is 35.5. The van der Waals surface area contributed by atoms with Crippen molar-refractivity contribution in [3.63, 3.8) is 0 Å². The van der Waals surface area contributed by atoms with E-state index in [9.17, 15) is 4.79 Å². The number of ketones is 1. The van der Waals surface area contributed by atoms with Crippen LogP contribution in [0.25, 0.3) is 6.08 Å². The van der Waals surface area contributed by atoms with Gasteiger partial charge in [-0.25, -0.2) is 0 Å². The van der Waals surface area contributed by atoms with Crippen molar-refractivity contribution in [1.82, 2.24) is 4.90 Å². The summed E-state index contributed by atoms with van der Waals surface area (Å²) in [5.41, 5.74) is 4.47. The first-order chi connectivity index (χ1) is 15.6. The van der Waals surface area contributed by atoms with Crippen molar-refractivity contribution < 1.29 is 14.3 Å². The van der Waals surface area contributed by atoms with E-state index in [1.165, 1.54) is 0 Å². The SMILES string of the molecule is Cc1cc2c(c3c1C(=O)/C(=C/C=C/c1ccccc1)O3)CN(Cc1ccccc1Cl)CO2. The van der Waals surface area contributed by atoms with Crippen LogP contribution in [0.5, 0.6) is 11.5 Å². The fourth-order valence-corrected chi connectivity index (χ4v) is 4.27. The molecule has 3 aromatic rings. The fourth-order valence-electron chi connectivity index (χ4n) is 4.07. The quantitative estimate of drug-likeness (QED) is 0.452. The summed E-state index contributed by atoms with van der Waals surface area (Å²) in [4.78, 5) is 15.2. The molecular weight excluding hydrogens is 422 g/mol. The minimum Gasteiger partial charge on any atom is -0.478 e. The van der Waals surface area contributed by atoms with Crippen LogP contribution in [0, 0.1) is 6.92 Å². The predicted octanol–water partition coefficient (Wildman–Crippen LogP) is 6.17. The molecular formula is C27H22ClNO3. The van der Waals surface area contributed by atoms with Crippen molar-refractivity contribution in [2.24, 2.45) is 0 Å². The third-order valence-electron chi connectivity index (χ3n) is 5.68. The van der Waals surface area contributed by atoms with Gasteiger partial charge in [0.05, 0.1) is 11.1 Å². The zero-order chi connectivity index (χ0) is 22.1. The molecule has 0 aromatic heterocycles. The van der Waals surface area contributed by atoms with Gasteiger partial charge in [0.1, 0.15) is 18.2 Å². The third-order valence-corrected chi connectivity index (χ3v) is 6.04. The zero-order valence-corrected chi connectivity index (χ0v) is 18.4. The number of allylic oxidation sites excluding steroid dienone is 3. The number of hydrogen-bond donors (Lipinski definition) is 0. The monoisotopic (exact) mass is 443 g/mol. The van der Waals surface area contributed by atoms with Crippen LogP contribution in [0.1, 0.15) is 32.6 Å². The number of aryl methyl sites for hydroxylation is 1. The van der Waals surface area contributed by atoms with Crippen LogP contribution in [0.2, 0.25) is 5.02 Å². The van der Waals surface area contributed by atoms with Gasteiger partial charge in [0.15, 0.2) is 5.76 Å². The van der Waals surface area contributed by atoms with E-state index in [0.29, 0.717) is 36.9 Å². The van der Waals surface area contributed by atoms with Gasteiger partial charge in [-0.3, -0.25) is 9.69 Å². The van der Waals surface area contributed by atoms with Crippen LogP contribution in [-0.4, -0.2) is 17.4 Å². The minimum atomic E-state index is -0.0961. The van der Waals surface area contributed by atoms with Crippen molar-refractivity contribution >= 4 is 23.5 Å². The van der Waals surface area contributed by atoms with Crippen LogP contribution in [0.3, 0.4) is 0 Å². The number of ether oxygens (including phenoxy) is 2. The Morgan fingerprint density at radius 3 is 2.69 bits per heavy atom. The lowest BCUT2D eigenvalue weighted by Gasteiger charge is -2.30. The number of carbonyl (C=O) groups excluding carboxylic acids is 1. The molecule has 4 nitrogen and oxygen atoms in total. The second-order valence-electron chi connectivity index (χ2n) is 7.96. The second kappa shape index (κ2) is 8.65. The number of carbonyl (C=O) groups is 1. The number of nitrogens with zero attached hydrogens (tertiary/aromatic N) is 1. The van der Waals surface area contributed by atoms with Crippen molar-refractivity contribution in [1.29, 1.82) is 0 Å². The zero-order valence-electron chi connectivity index (χ0n) is 17.7. The Labute approximate surface area is 192 Å². The van der Waals surface area contributed by atoms with Gasteiger partial charge in [0, 0.05) is 18.1 Å². The Morgan fingerprint density at radius 1 is 1.09 bits per heavy atom. The van der Waals surface area contributed by atoms with Gasteiger partial charge in [-0.2, -0.15) is 0 Å². The predicted molar refractivity (Wildman–Crippen MR) is 126 cm³/mol. The smallest absolute Gasteiger partial charge is 0.232 e. The molecule has 0 unspecified atom stereocenters.